The molecular weight excluding hydrogens is 338 g/mol. The molecule has 6 atom stereocenters. The van der Waals surface area contributed by atoms with E-state index in [1.165, 1.54) is 11.8 Å². The highest BCUT2D eigenvalue weighted by molar-refractivity contribution is 7.99. The number of hydrogen-bond acceptors (Lipinski definition) is 8. The van der Waals surface area contributed by atoms with Crippen molar-refractivity contribution in [1.29, 1.82) is 0 Å². The minimum Gasteiger partial charge on any atom is -0.393 e. The van der Waals surface area contributed by atoms with Crippen LogP contribution in [0.3, 0.4) is 0 Å². The molecule has 0 aliphatic carbocycles. The van der Waals surface area contributed by atoms with E-state index in [-0.39, 0.29) is 18.1 Å². The van der Waals surface area contributed by atoms with E-state index >= 15 is 0 Å². The van der Waals surface area contributed by atoms with E-state index in [1.807, 2.05) is 13.8 Å². The van der Waals surface area contributed by atoms with Gasteiger partial charge >= 0.3 is 0 Å². The molecule has 1 aliphatic rings. The Kier molecular flexibility index (Phi) is 12.6. The lowest BCUT2D eigenvalue weighted by Crippen LogP contribution is -2.59. The smallest absolute Gasteiger partial charge is 0.227 e. The SMILES string of the molecule is CC.CC(O)CCCOC1OC(CSCC(N)=O)C(O)C(O)C1O. The fourth-order valence-corrected chi connectivity index (χ4v) is 2.87. The van der Waals surface area contributed by atoms with Crippen LogP contribution in [0.2, 0.25) is 0 Å². The molecule has 1 amide bonds. The number of aliphatic hydroxyl groups is 4. The van der Waals surface area contributed by atoms with Gasteiger partial charge in [0, 0.05) is 12.4 Å². The number of hydrogen-bond donors (Lipinski definition) is 5. The predicted octanol–water partition coefficient (Wildman–Crippen LogP) is -0.784. The first-order chi connectivity index (χ1) is 11.3. The Labute approximate surface area is 147 Å². The van der Waals surface area contributed by atoms with Crippen molar-refractivity contribution < 1.29 is 34.7 Å². The summed E-state index contributed by atoms with van der Waals surface area (Å²) in [7, 11) is 0. The second-order valence-electron chi connectivity index (χ2n) is 5.36. The quantitative estimate of drug-likeness (QED) is 0.333. The summed E-state index contributed by atoms with van der Waals surface area (Å²) in [5.74, 6) is -0.172. The van der Waals surface area contributed by atoms with Gasteiger partial charge in [-0.15, -0.1) is 11.8 Å². The van der Waals surface area contributed by atoms with Crippen LogP contribution in [0.4, 0.5) is 0 Å². The van der Waals surface area contributed by atoms with Crippen LogP contribution in [-0.4, -0.2) is 81.3 Å². The minimum absolute atomic E-state index is 0.0745. The summed E-state index contributed by atoms with van der Waals surface area (Å²) < 4.78 is 10.8. The zero-order valence-electron chi connectivity index (χ0n) is 14.5. The Balaban J connectivity index is 0.00000254. The van der Waals surface area contributed by atoms with Crippen molar-refractivity contribution in [2.45, 2.75) is 70.4 Å². The normalized spacial score (nSPS) is 31.0. The molecule has 0 spiro atoms. The molecule has 0 aromatic heterocycles. The summed E-state index contributed by atoms with van der Waals surface area (Å²) in [5, 5.41) is 38.7. The van der Waals surface area contributed by atoms with Gasteiger partial charge in [-0.05, 0) is 19.8 Å². The molecule has 144 valence electrons. The van der Waals surface area contributed by atoms with Gasteiger partial charge in [0.05, 0.1) is 18.0 Å². The van der Waals surface area contributed by atoms with Crippen LogP contribution in [-0.2, 0) is 14.3 Å². The Bertz CT molecular complexity index is 346. The number of rotatable bonds is 9. The summed E-state index contributed by atoms with van der Waals surface area (Å²) in [4.78, 5) is 10.7. The van der Waals surface area contributed by atoms with Gasteiger partial charge in [0.2, 0.25) is 5.91 Å². The average Bonchev–Trinajstić information content (AvgIpc) is 2.54. The monoisotopic (exact) mass is 369 g/mol. The maximum Gasteiger partial charge on any atom is 0.227 e. The van der Waals surface area contributed by atoms with E-state index in [1.54, 1.807) is 6.92 Å². The molecule has 1 rings (SSSR count). The summed E-state index contributed by atoms with van der Waals surface area (Å²) >= 11 is 1.17. The molecule has 0 saturated carbocycles. The fourth-order valence-electron chi connectivity index (χ4n) is 2.05. The fraction of sp³-hybridized carbons (Fsp3) is 0.933. The zero-order valence-corrected chi connectivity index (χ0v) is 15.3. The van der Waals surface area contributed by atoms with Gasteiger partial charge in [0.25, 0.3) is 0 Å². The lowest BCUT2D eigenvalue weighted by Gasteiger charge is -2.40. The Morgan fingerprint density at radius 3 is 2.42 bits per heavy atom. The number of thioether (sulfide) groups is 1. The van der Waals surface area contributed by atoms with Crippen molar-refractivity contribution in [2.75, 3.05) is 18.1 Å². The number of amides is 1. The molecule has 0 radical (unpaired) electrons. The number of ether oxygens (including phenoxy) is 2. The molecule has 0 aromatic rings. The third-order valence-electron chi connectivity index (χ3n) is 3.24. The molecule has 0 aromatic carbocycles. The van der Waals surface area contributed by atoms with E-state index in [9.17, 15) is 20.1 Å². The van der Waals surface area contributed by atoms with Gasteiger partial charge in [0.1, 0.15) is 18.3 Å². The molecule has 1 heterocycles. The maximum absolute atomic E-state index is 10.7. The molecule has 24 heavy (non-hydrogen) atoms. The zero-order chi connectivity index (χ0) is 18.7. The summed E-state index contributed by atoms with van der Waals surface area (Å²) in [6.07, 6.45) is -5.18. The van der Waals surface area contributed by atoms with E-state index in [4.69, 9.17) is 20.3 Å². The van der Waals surface area contributed by atoms with Crippen LogP contribution in [0.1, 0.15) is 33.6 Å². The Hall–Kier alpha value is -0.420. The third-order valence-corrected chi connectivity index (χ3v) is 4.30. The number of nitrogens with two attached hydrogens (primary N) is 1. The average molecular weight is 369 g/mol. The highest BCUT2D eigenvalue weighted by Gasteiger charge is 2.44. The second kappa shape index (κ2) is 12.9. The predicted molar refractivity (Wildman–Crippen MR) is 91.4 cm³/mol. The van der Waals surface area contributed by atoms with Crippen LogP contribution in [0, 0.1) is 0 Å². The van der Waals surface area contributed by atoms with Crippen LogP contribution < -0.4 is 5.73 Å². The number of carbonyl (C=O) groups excluding carboxylic acids is 1. The highest BCUT2D eigenvalue weighted by Crippen LogP contribution is 2.24. The van der Waals surface area contributed by atoms with Crippen LogP contribution >= 0.6 is 11.8 Å². The van der Waals surface area contributed by atoms with Crippen molar-refractivity contribution in [1.82, 2.24) is 0 Å². The van der Waals surface area contributed by atoms with Gasteiger partial charge in [-0.2, -0.15) is 0 Å². The first-order valence-corrected chi connectivity index (χ1v) is 9.33. The van der Waals surface area contributed by atoms with E-state index in [2.05, 4.69) is 0 Å². The maximum atomic E-state index is 10.7. The van der Waals surface area contributed by atoms with Crippen molar-refractivity contribution in [2.24, 2.45) is 5.73 Å². The third kappa shape index (κ3) is 8.61. The Morgan fingerprint density at radius 2 is 1.88 bits per heavy atom. The summed E-state index contributed by atoms with van der Waals surface area (Å²) in [6, 6.07) is 0. The van der Waals surface area contributed by atoms with Gasteiger partial charge in [-0.1, -0.05) is 13.8 Å². The number of primary amides is 1. The molecule has 1 aliphatic heterocycles. The second-order valence-corrected chi connectivity index (χ2v) is 6.39. The van der Waals surface area contributed by atoms with E-state index in [0.29, 0.717) is 12.8 Å². The highest BCUT2D eigenvalue weighted by atomic mass is 32.2. The molecule has 6 N–H and O–H groups in total. The first-order valence-electron chi connectivity index (χ1n) is 8.18. The van der Waals surface area contributed by atoms with Gasteiger partial charge in [0.15, 0.2) is 6.29 Å². The molecule has 6 unspecified atom stereocenters. The molecule has 0 bridgehead atoms. The summed E-state index contributed by atoms with van der Waals surface area (Å²) in [5.41, 5.74) is 5.03. The van der Waals surface area contributed by atoms with Crippen molar-refractivity contribution >= 4 is 17.7 Å². The van der Waals surface area contributed by atoms with Crippen LogP contribution in [0.25, 0.3) is 0 Å². The molecular formula is C15H31NO7S. The minimum atomic E-state index is -1.39. The van der Waals surface area contributed by atoms with Crippen molar-refractivity contribution in [3.63, 3.8) is 0 Å². The van der Waals surface area contributed by atoms with E-state index < -0.39 is 42.7 Å². The number of aliphatic hydroxyl groups excluding tert-OH is 4. The molecule has 9 heteroatoms. The largest absolute Gasteiger partial charge is 0.393 e. The van der Waals surface area contributed by atoms with Gasteiger partial charge in [-0.3, -0.25) is 4.79 Å². The van der Waals surface area contributed by atoms with Crippen LogP contribution in [0.5, 0.6) is 0 Å². The van der Waals surface area contributed by atoms with E-state index in [0.717, 1.165) is 0 Å². The van der Waals surface area contributed by atoms with Crippen molar-refractivity contribution in [3.05, 3.63) is 0 Å². The molecule has 1 saturated heterocycles. The first kappa shape index (κ1) is 23.6. The van der Waals surface area contributed by atoms with Gasteiger partial charge < -0.3 is 35.6 Å². The number of carbonyl (C=O) groups is 1. The Morgan fingerprint density at radius 1 is 1.25 bits per heavy atom. The molecule has 1 fully saturated rings. The van der Waals surface area contributed by atoms with Crippen molar-refractivity contribution in [3.8, 4) is 0 Å². The lowest BCUT2D eigenvalue weighted by molar-refractivity contribution is -0.292. The topological polar surface area (TPSA) is 142 Å². The molecule has 8 nitrogen and oxygen atoms in total. The standard InChI is InChI=1S/C13H25NO7S.C2H6/c1-7(15)3-2-4-20-13-12(19)11(18)10(17)8(21-13)5-22-6-9(14)16;1-2/h7-8,10-13,15,17-19H,2-6H2,1H3,(H2,14,16);1-2H3. The van der Waals surface area contributed by atoms with Crippen LogP contribution in [0.15, 0.2) is 0 Å². The lowest BCUT2D eigenvalue weighted by atomic mass is 10.00. The van der Waals surface area contributed by atoms with Gasteiger partial charge in [-0.25, -0.2) is 0 Å². The summed E-state index contributed by atoms with van der Waals surface area (Å²) in [6.45, 7) is 5.91.